The minimum Gasteiger partial charge on any atom is -0.391 e. The fourth-order valence-electron chi connectivity index (χ4n) is 1.80. The quantitative estimate of drug-likeness (QED) is 0.627. The van der Waals surface area contributed by atoms with Crippen LogP contribution in [0.25, 0.3) is 0 Å². The number of hydrogen-bond acceptors (Lipinski definition) is 3. The molecule has 1 unspecified atom stereocenters. The molecule has 5 heteroatoms. The number of amides is 2. The third-order valence-corrected chi connectivity index (χ3v) is 2.44. The molecular weight excluding hydrogens is 184 g/mol. The van der Waals surface area contributed by atoms with Crippen LogP contribution in [0, 0.1) is 0 Å². The zero-order valence-electron chi connectivity index (χ0n) is 8.49. The molecule has 0 aromatic rings. The van der Waals surface area contributed by atoms with E-state index in [1.165, 1.54) is 4.90 Å². The average Bonchev–Trinajstić information content (AvgIpc) is 2.27. The Morgan fingerprint density at radius 2 is 2.29 bits per heavy atom. The van der Waals surface area contributed by atoms with Crippen molar-refractivity contribution in [3.63, 3.8) is 0 Å². The zero-order chi connectivity index (χ0) is 10.9. The lowest BCUT2D eigenvalue weighted by molar-refractivity contribution is -0.133. The van der Waals surface area contributed by atoms with Crippen LogP contribution in [0.2, 0.25) is 0 Å². The zero-order valence-corrected chi connectivity index (χ0v) is 8.49. The van der Waals surface area contributed by atoms with E-state index in [-0.39, 0.29) is 18.7 Å². The van der Waals surface area contributed by atoms with Gasteiger partial charge in [0.15, 0.2) is 0 Å². The summed E-state index contributed by atoms with van der Waals surface area (Å²) in [5, 5.41) is 9.29. The number of β-amino-alcohol motifs (C(OH)–C–C–N with tert-alkyl or cyclic N) is 1. The van der Waals surface area contributed by atoms with Crippen LogP contribution in [-0.2, 0) is 9.59 Å². The number of primary amides is 1. The Balaban J connectivity index is 2.72. The van der Waals surface area contributed by atoms with Crippen molar-refractivity contribution in [1.82, 2.24) is 4.90 Å². The second kappa shape index (κ2) is 3.57. The Morgan fingerprint density at radius 1 is 1.71 bits per heavy atom. The first-order valence-electron chi connectivity index (χ1n) is 4.60. The van der Waals surface area contributed by atoms with Crippen molar-refractivity contribution in [1.29, 1.82) is 0 Å². The molecule has 1 rings (SSSR count). The number of nitrogens with two attached hydrogens (primary N) is 1. The average molecular weight is 200 g/mol. The standard InChI is InChI=1S/C9H16N2O3/c1-9(2,4-7(10)13)11-5-6(12)3-8(11)14/h6,12H,3-5H2,1-2H3,(H2,10,13). The molecule has 1 aliphatic rings. The molecule has 0 aromatic heterocycles. The predicted octanol–water partition coefficient (Wildman–Crippen LogP) is -0.766. The van der Waals surface area contributed by atoms with E-state index in [0.29, 0.717) is 6.54 Å². The summed E-state index contributed by atoms with van der Waals surface area (Å²) in [5.74, 6) is -0.562. The van der Waals surface area contributed by atoms with E-state index in [1.54, 1.807) is 13.8 Å². The Morgan fingerprint density at radius 3 is 2.64 bits per heavy atom. The maximum Gasteiger partial charge on any atom is 0.225 e. The van der Waals surface area contributed by atoms with Crippen molar-refractivity contribution in [3.8, 4) is 0 Å². The minimum absolute atomic E-state index is 0.117. The first-order chi connectivity index (χ1) is 6.33. The number of nitrogens with zero attached hydrogens (tertiary/aromatic N) is 1. The second-order valence-electron chi connectivity index (χ2n) is 4.32. The van der Waals surface area contributed by atoms with E-state index < -0.39 is 17.6 Å². The molecule has 3 N–H and O–H groups in total. The van der Waals surface area contributed by atoms with Crippen molar-refractivity contribution in [2.45, 2.75) is 38.3 Å². The van der Waals surface area contributed by atoms with Crippen LogP contribution in [0.15, 0.2) is 0 Å². The largest absolute Gasteiger partial charge is 0.391 e. The normalized spacial score (nSPS) is 22.9. The molecule has 0 spiro atoms. The smallest absolute Gasteiger partial charge is 0.225 e. The maximum absolute atomic E-state index is 11.4. The summed E-state index contributed by atoms with van der Waals surface area (Å²) in [6.07, 6.45) is -0.358. The van der Waals surface area contributed by atoms with Gasteiger partial charge in [0.25, 0.3) is 0 Å². The molecule has 1 aliphatic heterocycles. The highest BCUT2D eigenvalue weighted by atomic mass is 16.3. The molecule has 2 amide bonds. The van der Waals surface area contributed by atoms with Gasteiger partial charge in [-0.25, -0.2) is 0 Å². The van der Waals surface area contributed by atoms with Crippen LogP contribution >= 0.6 is 0 Å². The van der Waals surface area contributed by atoms with Crippen LogP contribution in [0.5, 0.6) is 0 Å². The van der Waals surface area contributed by atoms with Gasteiger partial charge in [-0.3, -0.25) is 9.59 Å². The molecule has 0 aliphatic carbocycles. The van der Waals surface area contributed by atoms with Crippen LogP contribution in [0.4, 0.5) is 0 Å². The lowest BCUT2D eigenvalue weighted by Gasteiger charge is -2.34. The number of aliphatic hydroxyl groups is 1. The molecule has 1 fully saturated rings. The highest BCUT2D eigenvalue weighted by Crippen LogP contribution is 2.24. The summed E-state index contributed by atoms with van der Waals surface area (Å²) < 4.78 is 0. The third kappa shape index (κ3) is 2.23. The van der Waals surface area contributed by atoms with E-state index in [4.69, 9.17) is 5.73 Å². The first-order valence-corrected chi connectivity index (χ1v) is 4.60. The maximum atomic E-state index is 11.4. The Hall–Kier alpha value is -1.10. The van der Waals surface area contributed by atoms with E-state index in [2.05, 4.69) is 0 Å². The summed E-state index contributed by atoms with van der Waals surface area (Å²) in [6, 6.07) is 0. The number of hydrogen-bond donors (Lipinski definition) is 2. The molecule has 5 nitrogen and oxygen atoms in total. The second-order valence-corrected chi connectivity index (χ2v) is 4.32. The Kier molecular flexibility index (Phi) is 2.80. The van der Waals surface area contributed by atoms with Gasteiger partial charge >= 0.3 is 0 Å². The predicted molar refractivity (Wildman–Crippen MR) is 50.2 cm³/mol. The SMILES string of the molecule is CC(C)(CC(N)=O)N1CC(O)CC1=O. The van der Waals surface area contributed by atoms with Crippen molar-refractivity contribution in [3.05, 3.63) is 0 Å². The van der Waals surface area contributed by atoms with Crippen molar-refractivity contribution in [2.75, 3.05) is 6.54 Å². The molecule has 1 saturated heterocycles. The van der Waals surface area contributed by atoms with Gasteiger partial charge in [-0.15, -0.1) is 0 Å². The summed E-state index contributed by atoms with van der Waals surface area (Å²) in [6.45, 7) is 3.83. The van der Waals surface area contributed by atoms with Gasteiger partial charge in [0.05, 0.1) is 12.5 Å². The highest BCUT2D eigenvalue weighted by Gasteiger charge is 2.38. The summed E-state index contributed by atoms with van der Waals surface area (Å²) in [4.78, 5) is 23.7. The fourth-order valence-corrected chi connectivity index (χ4v) is 1.80. The lowest BCUT2D eigenvalue weighted by Crippen LogP contribution is -2.47. The van der Waals surface area contributed by atoms with Gasteiger partial charge in [-0.2, -0.15) is 0 Å². The van der Waals surface area contributed by atoms with Crippen molar-refractivity contribution in [2.24, 2.45) is 5.73 Å². The van der Waals surface area contributed by atoms with Crippen LogP contribution in [0.1, 0.15) is 26.7 Å². The molecular formula is C9H16N2O3. The first kappa shape index (κ1) is 11.0. The summed E-state index contributed by atoms with van der Waals surface area (Å²) in [7, 11) is 0. The van der Waals surface area contributed by atoms with Gasteiger partial charge in [-0.05, 0) is 13.8 Å². The number of aliphatic hydroxyl groups excluding tert-OH is 1. The third-order valence-electron chi connectivity index (χ3n) is 2.44. The summed E-state index contributed by atoms with van der Waals surface area (Å²) >= 11 is 0. The molecule has 0 radical (unpaired) electrons. The molecule has 0 saturated carbocycles. The van der Waals surface area contributed by atoms with Gasteiger partial charge in [0.1, 0.15) is 0 Å². The molecule has 0 bridgehead atoms. The van der Waals surface area contributed by atoms with E-state index in [9.17, 15) is 14.7 Å². The van der Waals surface area contributed by atoms with E-state index in [1.807, 2.05) is 0 Å². The molecule has 1 atom stereocenters. The lowest BCUT2D eigenvalue weighted by atomic mass is 9.98. The monoisotopic (exact) mass is 200 g/mol. The molecule has 1 heterocycles. The van der Waals surface area contributed by atoms with Crippen molar-refractivity contribution < 1.29 is 14.7 Å². The Bertz CT molecular complexity index is 263. The minimum atomic E-state index is -0.616. The number of rotatable bonds is 3. The molecule has 80 valence electrons. The van der Waals surface area contributed by atoms with Crippen molar-refractivity contribution >= 4 is 11.8 Å². The van der Waals surface area contributed by atoms with Gasteiger partial charge in [0, 0.05) is 18.5 Å². The van der Waals surface area contributed by atoms with E-state index in [0.717, 1.165) is 0 Å². The number of likely N-dealkylation sites (tertiary alicyclic amines) is 1. The van der Waals surface area contributed by atoms with Crippen LogP contribution in [-0.4, -0.2) is 40.0 Å². The topological polar surface area (TPSA) is 83.6 Å². The molecule has 0 aromatic carbocycles. The van der Waals surface area contributed by atoms with Crippen LogP contribution in [0.3, 0.4) is 0 Å². The van der Waals surface area contributed by atoms with Gasteiger partial charge < -0.3 is 15.7 Å². The van der Waals surface area contributed by atoms with Gasteiger partial charge in [-0.1, -0.05) is 0 Å². The van der Waals surface area contributed by atoms with E-state index >= 15 is 0 Å². The highest BCUT2D eigenvalue weighted by molar-refractivity contribution is 5.81. The molecule has 14 heavy (non-hydrogen) atoms. The van der Waals surface area contributed by atoms with Crippen LogP contribution < -0.4 is 5.73 Å². The number of carbonyl (C=O) groups excluding carboxylic acids is 2. The Labute approximate surface area is 82.9 Å². The fraction of sp³-hybridized carbons (Fsp3) is 0.778. The number of carbonyl (C=O) groups is 2. The van der Waals surface area contributed by atoms with Gasteiger partial charge in [0.2, 0.25) is 11.8 Å². The summed E-state index contributed by atoms with van der Waals surface area (Å²) in [5.41, 5.74) is 4.49.